The standard InChI is InChI=1S/C20H16FN3/c21-17-4-1-3-13(10-17)19-20(24-8-2-5-18(24)23-19)14-6-7-15-11-22-12-16(15)9-14/h1,3-4,6-7,9-11H,2,5,8,12H2. The number of aliphatic imine (C=N–C) groups is 1. The van der Waals surface area contributed by atoms with E-state index in [2.05, 4.69) is 27.8 Å². The van der Waals surface area contributed by atoms with E-state index in [-0.39, 0.29) is 5.82 Å². The summed E-state index contributed by atoms with van der Waals surface area (Å²) < 4.78 is 16.0. The second-order valence-electron chi connectivity index (χ2n) is 6.37. The smallest absolute Gasteiger partial charge is 0.123 e. The van der Waals surface area contributed by atoms with E-state index in [1.54, 1.807) is 12.1 Å². The molecule has 0 spiro atoms. The van der Waals surface area contributed by atoms with Crippen molar-refractivity contribution >= 4 is 6.21 Å². The summed E-state index contributed by atoms with van der Waals surface area (Å²) in [7, 11) is 0. The average Bonchev–Trinajstić information content (AvgIpc) is 3.29. The predicted molar refractivity (Wildman–Crippen MR) is 92.7 cm³/mol. The molecule has 1 aromatic heterocycles. The van der Waals surface area contributed by atoms with Crippen LogP contribution in [0.3, 0.4) is 0 Å². The van der Waals surface area contributed by atoms with Crippen LogP contribution in [0.1, 0.15) is 23.4 Å². The van der Waals surface area contributed by atoms with Crippen LogP contribution < -0.4 is 0 Å². The van der Waals surface area contributed by atoms with Crippen LogP contribution in [-0.2, 0) is 19.5 Å². The fraction of sp³-hybridized carbons (Fsp3) is 0.200. The molecule has 0 saturated carbocycles. The Hall–Kier alpha value is -2.75. The lowest BCUT2D eigenvalue weighted by atomic mass is 10.0. The van der Waals surface area contributed by atoms with Crippen molar-refractivity contribution in [2.45, 2.75) is 25.9 Å². The van der Waals surface area contributed by atoms with E-state index in [4.69, 9.17) is 4.98 Å². The number of hydrogen-bond donors (Lipinski definition) is 0. The summed E-state index contributed by atoms with van der Waals surface area (Å²) >= 11 is 0. The molecule has 2 aromatic carbocycles. The molecule has 0 atom stereocenters. The molecule has 0 unspecified atom stereocenters. The Morgan fingerprint density at radius 3 is 2.92 bits per heavy atom. The molecule has 5 rings (SSSR count). The first-order valence-corrected chi connectivity index (χ1v) is 8.28. The van der Waals surface area contributed by atoms with Crippen LogP contribution in [0.15, 0.2) is 47.5 Å². The summed E-state index contributed by atoms with van der Waals surface area (Å²) in [5.74, 6) is 0.870. The highest BCUT2D eigenvalue weighted by molar-refractivity contribution is 5.87. The van der Waals surface area contributed by atoms with Crippen molar-refractivity contribution in [1.29, 1.82) is 0 Å². The first kappa shape index (κ1) is 13.7. The molecule has 0 radical (unpaired) electrons. The Balaban J connectivity index is 1.73. The highest BCUT2D eigenvalue weighted by Gasteiger charge is 2.24. The van der Waals surface area contributed by atoms with Crippen molar-refractivity contribution < 1.29 is 4.39 Å². The third-order valence-corrected chi connectivity index (χ3v) is 4.84. The molecule has 4 heteroatoms. The summed E-state index contributed by atoms with van der Waals surface area (Å²) in [6.07, 6.45) is 4.02. The molecule has 0 amide bonds. The minimum Gasteiger partial charge on any atom is -0.327 e. The Kier molecular flexibility index (Phi) is 2.92. The van der Waals surface area contributed by atoms with Crippen LogP contribution in [0.5, 0.6) is 0 Å². The van der Waals surface area contributed by atoms with Crippen molar-refractivity contribution in [2.24, 2.45) is 4.99 Å². The lowest BCUT2D eigenvalue weighted by molar-refractivity contribution is 0.628. The van der Waals surface area contributed by atoms with Gasteiger partial charge in [0.25, 0.3) is 0 Å². The molecular formula is C20H16FN3. The van der Waals surface area contributed by atoms with Gasteiger partial charge in [0.15, 0.2) is 0 Å². The highest BCUT2D eigenvalue weighted by Crippen LogP contribution is 2.36. The Bertz CT molecular complexity index is 985. The number of benzene rings is 2. The van der Waals surface area contributed by atoms with Gasteiger partial charge in [-0.15, -0.1) is 0 Å². The summed E-state index contributed by atoms with van der Waals surface area (Å²) in [5.41, 5.74) is 6.38. The van der Waals surface area contributed by atoms with Gasteiger partial charge < -0.3 is 4.57 Å². The first-order valence-electron chi connectivity index (χ1n) is 8.28. The number of fused-ring (bicyclic) bond motifs is 2. The van der Waals surface area contributed by atoms with Crippen molar-refractivity contribution in [3.63, 3.8) is 0 Å². The van der Waals surface area contributed by atoms with E-state index in [9.17, 15) is 4.39 Å². The maximum atomic E-state index is 13.7. The Labute approximate surface area is 139 Å². The Morgan fingerprint density at radius 1 is 1.04 bits per heavy atom. The number of nitrogens with zero attached hydrogens (tertiary/aromatic N) is 3. The topological polar surface area (TPSA) is 30.2 Å². The molecule has 3 aromatic rings. The van der Waals surface area contributed by atoms with Gasteiger partial charge in [-0.2, -0.15) is 0 Å². The van der Waals surface area contributed by atoms with E-state index in [1.165, 1.54) is 17.2 Å². The molecule has 3 heterocycles. The van der Waals surface area contributed by atoms with Crippen LogP contribution in [0.25, 0.3) is 22.5 Å². The van der Waals surface area contributed by atoms with Crippen LogP contribution in [-0.4, -0.2) is 15.8 Å². The van der Waals surface area contributed by atoms with Crippen LogP contribution in [0.2, 0.25) is 0 Å². The van der Waals surface area contributed by atoms with E-state index < -0.39 is 0 Å². The molecule has 24 heavy (non-hydrogen) atoms. The molecule has 0 fully saturated rings. The lowest BCUT2D eigenvalue weighted by Crippen LogP contribution is -1.97. The number of halogens is 1. The monoisotopic (exact) mass is 317 g/mol. The van der Waals surface area contributed by atoms with Gasteiger partial charge in [0.05, 0.1) is 17.9 Å². The number of imidazole rings is 1. The van der Waals surface area contributed by atoms with Gasteiger partial charge in [-0.1, -0.05) is 24.3 Å². The third kappa shape index (κ3) is 2.03. The molecule has 0 aliphatic carbocycles. The van der Waals surface area contributed by atoms with E-state index >= 15 is 0 Å². The number of aryl methyl sites for hydroxylation is 1. The zero-order chi connectivity index (χ0) is 16.1. The molecule has 0 saturated heterocycles. The minimum absolute atomic E-state index is 0.228. The predicted octanol–water partition coefficient (Wildman–Crippen LogP) is 4.23. The fourth-order valence-electron chi connectivity index (χ4n) is 3.71. The quantitative estimate of drug-likeness (QED) is 0.695. The zero-order valence-corrected chi connectivity index (χ0v) is 13.2. The number of hydrogen-bond acceptors (Lipinski definition) is 2. The van der Waals surface area contributed by atoms with Crippen molar-refractivity contribution in [3.8, 4) is 22.5 Å². The first-order chi connectivity index (χ1) is 11.8. The summed E-state index contributed by atoms with van der Waals surface area (Å²) in [6.45, 7) is 1.71. The Morgan fingerprint density at radius 2 is 2.00 bits per heavy atom. The number of rotatable bonds is 2. The van der Waals surface area contributed by atoms with E-state index in [0.29, 0.717) is 0 Å². The lowest BCUT2D eigenvalue weighted by Gasteiger charge is -2.10. The maximum absolute atomic E-state index is 13.7. The summed E-state index contributed by atoms with van der Waals surface area (Å²) in [4.78, 5) is 9.18. The number of aromatic nitrogens is 2. The van der Waals surface area contributed by atoms with E-state index in [1.807, 2.05) is 12.3 Å². The summed E-state index contributed by atoms with van der Waals surface area (Å²) in [6, 6.07) is 13.2. The molecular weight excluding hydrogens is 301 g/mol. The summed E-state index contributed by atoms with van der Waals surface area (Å²) in [5, 5.41) is 0. The van der Waals surface area contributed by atoms with Crippen molar-refractivity contribution in [2.75, 3.05) is 0 Å². The van der Waals surface area contributed by atoms with Gasteiger partial charge >= 0.3 is 0 Å². The van der Waals surface area contributed by atoms with Crippen molar-refractivity contribution in [3.05, 3.63) is 65.2 Å². The molecule has 0 bridgehead atoms. The second-order valence-corrected chi connectivity index (χ2v) is 6.37. The molecule has 2 aliphatic heterocycles. The highest BCUT2D eigenvalue weighted by atomic mass is 19.1. The van der Waals surface area contributed by atoms with Crippen molar-refractivity contribution in [1.82, 2.24) is 9.55 Å². The van der Waals surface area contributed by atoms with Crippen LogP contribution in [0, 0.1) is 5.82 Å². The van der Waals surface area contributed by atoms with Gasteiger partial charge in [-0.05, 0) is 35.7 Å². The van der Waals surface area contributed by atoms with Gasteiger partial charge in [0, 0.05) is 30.3 Å². The zero-order valence-electron chi connectivity index (χ0n) is 13.2. The van der Waals surface area contributed by atoms with Gasteiger partial charge in [-0.25, -0.2) is 9.37 Å². The van der Waals surface area contributed by atoms with Gasteiger partial charge in [0.1, 0.15) is 11.6 Å². The molecule has 0 N–H and O–H groups in total. The SMILES string of the molecule is Fc1cccc(-c2nc3n(c2-c2ccc4c(c2)CN=C4)CCC3)c1. The third-order valence-electron chi connectivity index (χ3n) is 4.84. The fourth-order valence-corrected chi connectivity index (χ4v) is 3.71. The molecule has 118 valence electrons. The normalized spacial score (nSPS) is 14.9. The van der Waals surface area contributed by atoms with Crippen LogP contribution in [0.4, 0.5) is 4.39 Å². The van der Waals surface area contributed by atoms with E-state index in [0.717, 1.165) is 54.3 Å². The minimum atomic E-state index is -0.228. The van der Waals surface area contributed by atoms with Crippen LogP contribution >= 0.6 is 0 Å². The molecule has 3 nitrogen and oxygen atoms in total. The molecule has 2 aliphatic rings. The van der Waals surface area contributed by atoms with Gasteiger partial charge in [0.2, 0.25) is 0 Å². The maximum Gasteiger partial charge on any atom is 0.123 e. The second kappa shape index (κ2) is 5.13. The average molecular weight is 317 g/mol. The van der Waals surface area contributed by atoms with Gasteiger partial charge in [-0.3, -0.25) is 4.99 Å². The largest absolute Gasteiger partial charge is 0.327 e.